The molecular weight excluding hydrogens is 337 g/mol. The van der Waals surface area contributed by atoms with Crippen LogP contribution in [0.1, 0.15) is 20.7 Å². The fraction of sp³-hybridized carbons (Fsp3) is 0.211. The first-order valence-corrected chi connectivity index (χ1v) is 8.22. The van der Waals surface area contributed by atoms with E-state index < -0.39 is 11.7 Å². The van der Waals surface area contributed by atoms with Crippen LogP contribution < -0.4 is 5.32 Å². The number of amides is 3. The fourth-order valence-electron chi connectivity index (χ4n) is 2.78. The van der Waals surface area contributed by atoms with Gasteiger partial charge in [-0.15, -0.1) is 0 Å². The van der Waals surface area contributed by atoms with Crippen LogP contribution in [0, 0.1) is 5.82 Å². The molecule has 1 heterocycles. The topological polar surface area (TPSA) is 69.7 Å². The highest BCUT2D eigenvalue weighted by Crippen LogP contribution is 2.14. The van der Waals surface area contributed by atoms with Crippen LogP contribution in [0.25, 0.3) is 0 Å². The van der Waals surface area contributed by atoms with Gasteiger partial charge in [0.05, 0.1) is 0 Å². The van der Waals surface area contributed by atoms with Crippen molar-refractivity contribution in [1.82, 2.24) is 9.80 Å². The number of piperazine rings is 1. The molecule has 134 valence electrons. The van der Waals surface area contributed by atoms with Gasteiger partial charge in [0, 0.05) is 43.0 Å². The summed E-state index contributed by atoms with van der Waals surface area (Å²) in [5.41, 5.74) is 1.06. The first kappa shape index (κ1) is 17.6. The van der Waals surface area contributed by atoms with Gasteiger partial charge in [-0.2, -0.15) is 0 Å². The summed E-state index contributed by atoms with van der Waals surface area (Å²) in [7, 11) is 0. The van der Waals surface area contributed by atoms with E-state index in [-0.39, 0.29) is 5.91 Å². The molecule has 26 heavy (non-hydrogen) atoms. The van der Waals surface area contributed by atoms with Crippen LogP contribution in [0.15, 0.2) is 48.5 Å². The normalized spacial score (nSPS) is 14.0. The van der Waals surface area contributed by atoms with Gasteiger partial charge in [0.2, 0.25) is 6.41 Å². The van der Waals surface area contributed by atoms with Crippen LogP contribution in [0.4, 0.5) is 10.1 Å². The zero-order chi connectivity index (χ0) is 18.5. The Morgan fingerprint density at radius 3 is 2.35 bits per heavy atom. The van der Waals surface area contributed by atoms with Crippen molar-refractivity contribution in [3.8, 4) is 0 Å². The summed E-state index contributed by atoms with van der Waals surface area (Å²) in [5.74, 6) is -1.05. The summed E-state index contributed by atoms with van der Waals surface area (Å²) >= 11 is 0. The van der Waals surface area contributed by atoms with Gasteiger partial charge in [-0.1, -0.05) is 12.1 Å². The average Bonchev–Trinajstić information content (AvgIpc) is 2.67. The van der Waals surface area contributed by atoms with Crippen molar-refractivity contribution in [1.29, 1.82) is 0 Å². The van der Waals surface area contributed by atoms with Crippen molar-refractivity contribution < 1.29 is 18.8 Å². The van der Waals surface area contributed by atoms with Gasteiger partial charge in [0.25, 0.3) is 11.8 Å². The third-order valence-corrected chi connectivity index (χ3v) is 4.20. The van der Waals surface area contributed by atoms with E-state index in [2.05, 4.69) is 5.32 Å². The molecule has 0 aromatic heterocycles. The minimum Gasteiger partial charge on any atom is -0.342 e. The molecule has 0 radical (unpaired) electrons. The second-order valence-corrected chi connectivity index (χ2v) is 5.98. The molecule has 1 aliphatic rings. The number of hydrogen-bond donors (Lipinski definition) is 1. The van der Waals surface area contributed by atoms with Gasteiger partial charge < -0.3 is 15.1 Å². The summed E-state index contributed by atoms with van der Waals surface area (Å²) in [4.78, 5) is 39.0. The van der Waals surface area contributed by atoms with Gasteiger partial charge in [-0.05, 0) is 36.4 Å². The molecule has 3 rings (SSSR count). The lowest BCUT2D eigenvalue weighted by atomic mass is 10.1. The van der Waals surface area contributed by atoms with E-state index in [0.717, 1.165) is 6.41 Å². The Labute approximate surface area is 150 Å². The number of nitrogens with one attached hydrogen (secondary N) is 1. The van der Waals surface area contributed by atoms with Gasteiger partial charge in [0.1, 0.15) is 5.82 Å². The molecule has 0 saturated carbocycles. The first-order valence-electron chi connectivity index (χ1n) is 8.22. The largest absolute Gasteiger partial charge is 0.342 e. The number of benzene rings is 2. The summed E-state index contributed by atoms with van der Waals surface area (Å²) in [5, 5.41) is 2.61. The van der Waals surface area contributed by atoms with Crippen LogP contribution in [-0.4, -0.2) is 54.2 Å². The number of carbonyl (C=O) groups is 3. The molecule has 1 aliphatic heterocycles. The number of anilines is 1. The molecule has 7 heteroatoms. The summed E-state index contributed by atoms with van der Waals surface area (Å²) < 4.78 is 13.2. The zero-order valence-electron chi connectivity index (χ0n) is 14.0. The number of halogens is 1. The fourth-order valence-corrected chi connectivity index (χ4v) is 2.78. The molecule has 1 fully saturated rings. The van der Waals surface area contributed by atoms with E-state index in [0.29, 0.717) is 43.0 Å². The third-order valence-electron chi connectivity index (χ3n) is 4.20. The average molecular weight is 355 g/mol. The van der Waals surface area contributed by atoms with Crippen LogP contribution in [0.2, 0.25) is 0 Å². The van der Waals surface area contributed by atoms with Gasteiger partial charge in [-0.25, -0.2) is 4.39 Å². The molecule has 3 amide bonds. The number of carbonyl (C=O) groups excluding carboxylic acids is 3. The van der Waals surface area contributed by atoms with E-state index in [1.807, 2.05) is 0 Å². The third kappa shape index (κ3) is 4.05. The van der Waals surface area contributed by atoms with Crippen LogP contribution >= 0.6 is 0 Å². The number of hydrogen-bond acceptors (Lipinski definition) is 3. The molecule has 0 spiro atoms. The van der Waals surface area contributed by atoms with E-state index in [1.54, 1.807) is 34.1 Å². The van der Waals surface area contributed by atoms with E-state index in [4.69, 9.17) is 0 Å². The van der Waals surface area contributed by atoms with Crippen molar-refractivity contribution in [2.24, 2.45) is 0 Å². The van der Waals surface area contributed by atoms with Gasteiger partial charge >= 0.3 is 0 Å². The minimum atomic E-state index is -0.443. The molecule has 0 aliphatic carbocycles. The summed E-state index contributed by atoms with van der Waals surface area (Å²) in [6.07, 6.45) is 0.777. The summed E-state index contributed by atoms with van der Waals surface area (Å²) in [6, 6.07) is 12.0. The molecule has 2 aromatic carbocycles. The Balaban J connectivity index is 1.70. The maximum atomic E-state index is 13.2. The Bertz CT molecular complexity index is 832. The maximum Gasteiger partial charge on any atom is 0.255 e. The maximum absolute atomic E-state index is 13.2. The van der Waals surface area contributed by atoms with E-state index in [9.17, 15) is 18.8 Å². The molecule has 0 unspecified atom stereocenters. The highest BCUT2D eigenvalue weighted by Gasteiger charge is 2.22. The Morgan fingerprint density at radius 2 is 1.65 bits per heavy atom. The Kier molecular flexibility index (Phi) is 5.26. The second-order valence-electron chi connectivity index (χ2n) is 5.98. The molecule has 2 aromatic rings. The lowest BCUT2D eigenvalue weighted by molar-refractivity contribution is -0.119. The van der Waals surface area contributed by atoms with Gasteiger partial charge in [0.15, 0.2) is 0 Å². The second kappa shape index (κ2) is 7.77. The molecule has 6 nitrogen and oxygen atoms in total. The predicted octanol–water partition coefficient (Wildman–Crippen LogP) is 1.99. The van der Waals surface area contributed by atoms with E-state index in [1.165, 1.54) is 24.3 Å². The van der Waals surface area contributed by atoms with Crippen LogP contribution in [0.3, 0.4) is 0 Å². The van der Waals surface area contributed by atoms with Crippen LogP contribution in [-0.2, 0) is 4.79 Å². The molecule has 0 bridgehead atoms. The Hall–Kier alpha value is -3.22. The van der Waals surface area contributed by atoms with Crippen LogP contribution in [0.5, 0.6) is 0 Å². The Morgan fingerprint density at radius 1 is 0.962 bits per heavy atom. The minimum absolute atomic E-state index is 0.184. The predicted molar refractivity (Wildman–Crippen MR) is 94.3 cm³/mol. The van der Waals surface area contributed by atoms with Gasteiger partial charge in [-0.3, -0.25) is 14.4 Å². The molecule has 1 N–H and O–H groups in total. The monoisotopic (exact) mass is 355 g/mol. The number of nitrogens with zero attached hydrogens (tertiary/aromatic N) is 2. The standard InChI is InChI=1S/C19H18FN3O3/c20-16-5-2-6-17(12-16)21-18(25)14-3-1-4-15(11-14)19(26)23-9-7-22(13-24)8-10-23/h1-6,11-13H,7-10H2,(H,21,25). The number of rotatable bonds is 4. The molecule has 1 saturated heterocycles. The highest BCUT2D eigenvalue weighted by atomic mass is 19.1. The smallest absolute Gasteiger partial charge is 0.255 e. The van der Waals surface area contributed by atoms with Crippen molar-refractivity contribution in [3.05, 3.63) is 65.5 Å². The van der Waals surface area contributed by atoms with Crippen molar-refractivity contribution in [2.75, 3.05) is 31.5 Å². The summed E-state index contributed by atoms with van der Waals surface area (Å²) in [6.45, 7) is 1.90. The lowest BCUT2D eigenvalue weighted by Gasteiger charge is -2.32. The zero-order valence-corrected chi connectivity index (χ0v) is 14.0. The quantitative estimate of drug-likeness (QED) is 0.853. The van der Waals surface area contributed by atoms with Crippen molar-refractivity contribution >= 4 is 23.9 Å². The molecule has 0 atom stereocenters. The first-order chi connectivity index (χ1) is 12.6. The van der Waals surface area contributed by atoms with Crippen molar-refractivity contribution in [2.45, 2.75) is 0 Å². The molecular formula is C19H18FN3O3. The van der Waals surface area contributed by atoms with E-state index >= 15 is 0 Å². The lowest BCUT2D eigenvalue weighted by Crippen LogP contribution is -2.48. The van der Waals surface area contributed by atoms with Crippen molar-refractivity contribution in [3.63, 3.8) is 0 Å². The SMILES string of the molecule is O=CN1CCN(C(=O)c2cccc(C(=O)Nc3cccc(F)c3)c2)CC1. The highest BCUT2D eigenvalue weighted by molar-refractivity contribution is 6.06.